The molecule has 4 amide bonds. The molecule has 4 rings (SSSR count). The zero-order chi connectivity index (χ0) is 22.7. The monoisotopic (exact) mass is 554 g/mol. The van der Waals surface area contributed by atoms with Crippen LogP contribution in [0.25, 0.3) is 6.08 Å². The number of hydrogen-bond donors (Lipinski definition) is 1. The van der Waals surface area contributed by atoms with Gasteiger partial charge in [0.05, 0.1) is 5.69 Å². The molecular formula is C24H16Br2N2O4. The molecule has 1 N–H and O–H groups in total. The SMILES string of the molecule is O=C1NC(=O)N(c2ccc(Br)cc2)C(=O)/C1=C/c1ccccc1OCc1ccc(Br)cc1. The third kappa shape index (κ3) is 4.81. The highest BCUT2D eigenvalue weighted by Gasteiger charge is 2.36. The third-order valence-corrected chi connectivity index (χ3v) is 5.77. The number of rotatable bonds is 5. The predicted octanol–water partition coefficient (Wildman–Crippen LogP) is 5.46. The van der Waals surface area contributed by atoms with E-state index < -0.39 is 17.8 Å². The van der Waals surface area contributed by atoms with Crippen molar-refractivity contribution >= 4 is 61.5 Å². The number of carbonyl (C=O) groups is 3. The van der Waals surface area contributed by atoms with Crippen LogP contribution in [0, 0.1) is 0 Å². The first-order valence-electron chi connectivity index (χ1n) is 9.55. The third-order valence-electron chi connectivity index (χ3n) is 4.71. The molecule has 0 bridgehead atoms. The van der Waals surface area contributed by atoms with Gasteiger partial charge >= 0.3 is 6.03 Å². The lowest BCUT2D eigenvalue weighted by Gasteiger charge is -2.26. The molecule has 0 aromatic heterocycles. The molecule has 8 heteroatoms. The molecule has 1 saturated heterocycles. The van der Waals surface area contributed by atoms with Crippen LogP contribution in [-0.2, 0) is 16.2 Å². The summed E-state index contributed by atoms with van der Waals surface area (Å²) in [6.45, 7) is 0.317. The summed E-state index contributed by atoms with van der Waals surface area (Å²) in [7, 11) is 0. The molecule has 0 aliphatic carbocycles. The average Bonchev–Trinajstić information content (AvgIpc) is 2.78. The van der Waals surface area contributed by atoms with Crippen molar-refractivity contribution in [2.75, 3.05) is 4.90 Å². The summed E-state index contributed by atoms with van der Waals surface area (Å²) in [6, 6.07) is 20.7. The second-order valence-electron chi connectivity index (χ2n) is 6.89. The molecule has 0 unspecified atom stereocenters. The van der Waals surface area contributed by atoms with E-state index in [4.69, 9.17) is 4.74 Å². The molecule has 3 aromatic rings. The summed E-state index contributed by atoms with van der Waals surface area (Å²) < 4.78 is 7.70. The second kappa shape index (κ2) is 9.50. The number of imide groups is 2. The van der Waals surface area contributed by atoms with Gasteiger partial charge in [-0.1, -0.05) is 62.2 Å². The number of urea groups is 1. The van der Waals surface area contributed by atoms with Gasteiger partial charge in [-0.2, -0.15) is 0 Å². The van der Waals surface area contributed by atoms with E-state index in [2.05, 4.69) is 37.2 Å². The summed E-state index contributed by atoms with van der Waals surface area (Å²) in [6.07, 6.45) is 1.44. The van der Waals surface area contributed by atoms with Gasteiger partial charge in [0.15, 0.2) is 0 Å². The van der Waals surface area contributed by atoms with Gasteiger partial charge in [-0.3, -0.25) is 14.9 Å². The Balaban J connectivity index is 1.62. The lowest BCUT2D eigenvalue weighted by Crippen LogP contribution is -2.54. The number of halogens is 2. The molecule has 1 aliphatic rings. The molecule has 160 valence electrons. The summed E-state index contributed by atoms with van der Waals surface area (Å²) >= 11 is 6.72. The fraction of sp³-hybridized carbons (Fsp3) is 0.0417. The van der Waals surface area contributed by atoms with E-state index in [1.807, 2.05) is 24.3 Å². The first-order valence-corrected chi connectivity index (χ1v) is 11.1. The van der Waals surface area contributed by atoms with Gasteiger partial charge in [-0.15, -0.1) is 0 Å². The molecule has 1 fully saturated rings. The molecule has 0 spiro atoms. The predicted molar refractivity (Wildman–Crippen MR) is 128 cm³/mol. The summed E-state index contributed by atoms with van der Waals surface area (Å²) in [5.41, 5.74) is 1.71. The lowest BCUT2D eigenvalue weighted by atomic mass is 10.1. The molecule has 1 aliphatic heterocycles. The number of para-hydroxylation sites is 1. The number of nitrogens with zero attached hydrogens (tertiary/aromatic N) is 1. The summed E-state index contributed by atoms with van der Waals surface area (Å²) in [5, 5.41) is 2.23. The Labute approximate surface area is 201 Å². The van der Waals surface area contributed by atoms with E-state index in [1.54, 1.807) is 48.5 Å². The Kier molecular flexibility index (Phi) is 6.53. The number of benzene rings is 3. The van der Waals surface area contributed by atoms with Gasteiger partial charge in [-0.05, 0) is 54.1 Å². The number of anilines is 1. The Hall–Kier alpha value is -3.23. The van der Waals surface area contributed by atoms with Crippen molar-refractivity contribution < 1.29 is 19.1 Å². The van der Waals surface area contributed by atoms with Crippen LogP contribution in [0.1, 0.15) is 11.1 Å². The van der Waals surface area contributed by atoms with Crippen LogP contribution in [0.2, 0.25) is 0 Å². The molecule has 32 heavy (non-hydrogen) atoms. The first kappa shape index (κ1) is 22.0. The van der Waals surface area contributed by atoms with Crippen molar-refractivity contribution in [1.82, 2.24) is 5.32 Å². The van der Waals surface area contributed by atoms with Crippen molar-refractivity contribution in [3.05, 3.63) is 98.4 Å². The topological polar surface area (TPSA) is 75.7 Å². The minimum atomic E-state index is -0.792. The highest BCUT2D eigenvalue weighted by atomic mass is 79.9. The fourth-order valence-electron chi connectivity index (χ4n) is 3.11. The Morgan fingerprint density at radius 1 is 0.844 bits per heavy atom. The smallest absolute Gasteiger partial charge is 0.335 e. The van der Waals surface area contributed by atoms with Gasteiger partial charge in [0.25, 0.3) is 11.8 Å². The zero-order valence-electron chi connectivity index (χ0n) is 16.5. The van der Waals surface area contributed by atoms with E-state index in [0.717, 1.165) is 19.4 Å². The van der Waals surface area contributed by atoms with E-state index in [9.17, 15) is 14.4 Å². The Bertz CT molecular complexity index is 1220. The maximum absolute atomic E-state index is 13.1. The second-order valence-corrected chi connectivity index (χ2v) is 8.72. The number of barbiturate groups is 1. The normalized spacial score (nSPS) is 15.1. The highest BCUT2D eigenvalue weighted by Crippen LogP contribution is 2.27. The van der Waals surface area contributed by atoms with E-state index in [-0.39, 0.29) is 5.57 Å². The van der Waals surface area contributed by atoms with Gasteiger partial charge in [-0.25, -0.2) is 9.69 Å². The zero-order valence-corrected chi connectivity index (χ0v) is 19.7. The van der Waals surface area contributed by atoms with Crippen LogP contribution in [0.15, 0.2) is 87.3 Å². The van der Waals surface area contributed by atoms with Crippen molar-refractivity contribution in [3.8, 4) is 5.75 Å². The minimum Gasteiger partial charge on any atom is -0.488 e. The molecule has 1 heterocycles. The van der Waals surface area contributed by atoms with E-state index in [1.165, 1.54) is 6.08 Å². The average molecular weight is 556 g/mol. The molecule has 0 saturated carbocycles. The van der Waals surface area contributed by atoms with Crippen molar-refractivity contribution in [3.63, 3.8) is 0 Å². The molecular weight excluding hydrogens is 540 g/mol. The summed E-state index contributed by atoms with van der Waals surface area (Å²) in [4.78, 5) is 38.8. The van der Waals surface area contributed by atoms with Gasteiger partial charge < -0.3 is 4.74 Å². The molecule has 0 atom stereocenters. The van der Waals surface area contributed by atoms with Crippen LogP contribution in [0.3, 0.4) is 0 Å². The maximum Gasteiger partial charge on any atom is 0.335 e. The summed E-state index contributed by atoms with van der Waals surface area (Å²) in [5.74, 6) is -0.949. The van der Waals surface area contributed by atoms with E-state index in [0.29, 0.717) is 23.6 Å². The van der Waals surface area contributed by atoms with Crippen LogP contribution in [0.5, 0.6) is 5.75 Å². The Morgan fingerprint density at radius 3 is 2.16 bits per heavy atom. The number of carbonyl (C=O) groups excluding carboxylic acids is 3. The van der Waals surface area contributed by atoms with Crippen LogP contribution < -0.4 is 15.0 Å². The van der Waals surface area contributed by atoms with Crippen LogP contribution >= 0.6 is 31.9 Å². The standard InChI is InChI=1S/C24H16Br2N2O4/c25-17-7-5-15(6-8-17)14-32-21-4-2-1-3-16(21)13-20-22(29)27-24(31)28(23(20)30)19-11-9-18(26)10-12-19/h1-13H,14H2,(H,27,29,31)/b20-13+. The quantitative estimate of drug-likeness (QED) is 0.335. The van der Waals surface area contributed by atoms with Crippen molar-refractivity contribution in [1.29, 1.82) is 0 Å². The molecule has 6 nitrogen and oxygen atoms in total. The first-order chi connectivity index (χ1) is 15.4. The fourth-order valence-corrected chi connectivity index (χ4v) is 3.64. The van der Waals surface area contributed by atoms with E-state index >= 15 is 0 Å². The van der Waals surface area contributed by atoms with Crippen molar-refractivity contribution in [2.45, 2.75) is 6.61 Å². The van der Waals surface area contributed by atoms with Crippen molar-refractivity contribution in [2.24, 2.45) is 0 Å². The largest absolute Gasteiger partial charge is 0.488 e. The van der Waals surface area contributed by atoms with Crippen LogP contribution in [-0.4, -0.2) is 17.8 Å². The highest BCUT2D eigenvalue weighted by molar-refractivity contribution is 9.10. The van der Waals surface area contributed by atoms with Gasteiger partial charge in [0, 0.05) is 14.5 Å². The number of ether oxygens (including phenoxy) is 1. The number of hydrogen-bond acceptors (Lipinski definition) is 4. The lowest BCUT2D eigenvalue weighted by molar-refractivity contribution is -0.122. The maximum atomic E-state index is 13.1. The molecule has 0 radical (unpaired) electrons. The molecule has 3 aromatic carbocycles. The van der Waals surface area contributed by atoms with Gasteiger partial charge in [0.1, 0.15) is 17.9 Å². The number of amides is 4. The number of nitrogens with one attached hydrogen (secondary N) is 1. The Morgan fingerprint density at radius 2 is 1.47 bits per heavy atom. The minimum absolute atomic E-state index is 0.160. The van der Waals surface area contributed by atoms with Gasteiger partial charge in [0.2, 0.25) is 0 Å². The van der Waals surface area contributed by atoms with Crippen LogP contribution in [0.4, 0.5) is 10.5 Å².